The number of hydrogen-bond donors (Lipinski definition) is 0. The highest BCUT2D eigenvalue weighted by atomic mass is 32.1. The summed E-state index contributed by atoms with van der Waals surface area (Å²) in [5.74, 6) is 0.907. The number of methoxy groups -OCH3 is 1. The molecular weight excluding hydrogens is 218 g/mol. The Hall–Kier alpha value is -1.35. The molecule has 1 heterocycles. The molecule has 2 aromatic rings. The molecular formula is C13H15NOS. The zero-order valence-electron chi connectivity index (χ0n) is 9.56. The highest BCUT2D eigenvalue weighted by Crippen LogP contribution is 2.19. The minimum absolute atomic E-state index is 0.891. The molecule has 0 amide bonds. The van der Waals surface area contributed by atoms with Crippen molar-refractivity contribution in [2.45, 2.75) is 19.8 Å². The van der Waals surface area contributed by atoms with Gasteiger partial charge in [-0.15, -0.1) is 11.3 Å². The molecule has 1 aromatic heterocycles. The van der Waals surface area contributed by atoms with E-state index in [0.29, 0.717) is 0 Å². The van der Waals surface area contributed by atoms with Gasteiger partial charge in [0.05, 0.1) is 12.1 Å². The molecule has 0 spiro atoms. The van der Waals surface area contributed by atoms with Crippen LogP contribution in [0.5, 0.6) is 5.75 Å². The van der Waals surface area contributed by atoms with Gasteiger partial charge < -0.3 is 4.74 Å². The quantitative estimate of drug-likeness (QED) is 0.808. The smallest absolute Gasteiger partial charge is 0.119 e. The first-order chi connectivity index (χ1) is 7.81. The molecule has 2 rings (SSSR count). The van der Waals surface area contributed by atoms with E-state index in [4.69, 9.17) is 4.74 Å². The monoisotopic (exact) mass is 233 g/mol. The molecule has 84 valence electrons. The van der Waals surface area contributed by atoms with Crippen LogP contribution in [0.2, 0.25) is 0 Å². The second-order valence-electron chi connectivity index (χ2n) is 3.60. The third kappa shape index (κ3) is 2.61. The summed E-state index contributed by atoms with van der Waals surface area (Å²) in [5.41, 5.74) is 1.25. The lowest BCUT2D eigenvalue weighted by molar-refractivity contribution is 0.414. The Morgan fingerprint density at radius 3 is 2.94 bits per heavy atom. The first-order valence-corrected chi connectivity index (χ1v) is 6.20. The number of rotatable bonds is 4. The fourth-order valence-corrected chi connectivity index (χ4v) is 2.45. The fraction of sp³-hybridized carbons (Fsp3) is 0.308. The van der Waals surface area contributed by atoms with E-state index in [-0.39, 0.29) is 0 Å². The average molecular weight is 233 g/mol. The predicted octanol–water partition coefficient (Wildman–Crippen LogP) is 3.30. The molecule has 0 aliphatic rings. The maximum Gasteiger partial charge on any atom is 0.119 e. The third-order valence-electron chi connectivity index (χ3n) is 2.44. The first kappa shape index (κ1) is 11.1. The van der Waals surface area contributed by atoms with Gasteiger partial charge in [-0.25, -0.2) is 4.98 Å². The molecule has 3 heteroatoms. The largest absolute Gasteiger partial charge is 0.497 e. The molecule has 0 aliphatic heterocycles. The van der Waals surface area contributed by atoms with E-state index < -0.39 is 0 Å². The number of hydrogen-bond acceptors (Lipinski definition) is 3. The lowest BCUT2D eigenvalue weighted by Crippen LogP contribution is -1.88. The van der Waals surface area contributed by atoms with Crippen molar-refractivity contribution < 1.29 is 4.74 Å². The van der Waals surface area contributed by atoms with Crippen molar-refractivity contribution in [1.29, 1.82) is 0 Å². The van der Waals surface area contributed by atoms with Gasteiger partial charge in [0, 0.05) is 17.5 Å². The van der Waals surface area contributed by atoms with E-state index in [2.05, 4.69) is 24.0 Å². The van der Waals surface area contributed by atoms with Gasteiger partial charge >= 0.3 is 0 Å². The topological polar surface area (TPSA) is 22.1 Å². The first-order valence-electron chi connectivity index (χ1n) is 5.38. The second-order valence-corrected chi connectivity index (χ2v) is 4.80. The average Bonchev–Trinajstić information content (AvgIpc) is 2.77. The molecule has 0 aliphatic carbocycles. The summed E-state index contributed by atoms with van der Waals surface area (Å²) in [5, 5.41) is 1.17. The highest BCUT2D eigenvalue weighted by Gasteiger charge is 2.02. The zero-order valence-corrected chi connectivity index (χ0v) is 10.4. The van der Waals surface area contributed by atoms with Gasteiger partial charge in [-0.3, -0.25) is 0 Å². The number of aromatic nitrogens is 1. The van der Waals surface area contributed by atoms with Crippen LogP contribution in [0.4, 0.5) is 0 Å². The molecule has 0 atom stereocenters. The van der Waals surface area contributed by atoms with Crippen molar-refractivity contribution >= 4 is 11.3 Å². The van der Waals surface area contributed by atoms with Crippen LogP contribution < -0.4 is 4.74 Å². The fourth-order valence-electron chi connectivity index (χ4n) is 1.55. The van der Waals surface area contributed by atoms with Crippen LogP contribution in [0.1, 0.15) is 22.4 Å². The second kappa shape index (κ2) is 5.12. The lowest BCUT2D eigenvalue weighted by Gasteiger charge is -2.02. The van der Waals surface area contributed by atoms with Crippen molar-refractivity contribution in [1.82, 2.24) is 4.98 Å². The molecule has 0 N–H and O–H groups in total. The van der Waals surface area contributed by atoms with Crippen LogP contribution in [0.3, 0.4) is 0 Å². The van der Waals surface area contributed by atoms with Gasteiger partial charge in [0.1, 0.15) is 5.75 Å². The van der Waals surface area contributed by atoms with Crippen LogP contribution >= 0.6 is 11.3 Å². The Morgan fingerprint density at radius 1 is 1.38 bits per heavy atom. The highest BCUT2D eigenvalue weighted by molar-refractivity contribution is 7.11. The summed E-state index contributed by atoms with van der Waals surface area (Å²) in [7, 11) is 1.69. The van der Waals surface area contributed by atoms with Crippen molar-refractivity contribution in [2.75, 3.05) is 7.11 Å². The molecule has 0 unspecified atom stereocenters. The molecule has 0 saturated carbocycles. The van der Waals surface area contributed by atoms with Gasteiger partial charge in [0.2, 0.25) is 0 Å². The van der Waals surface area contributed by atoms with Crippen LogP contribution in [0.25, 0.3) is 0 Å². The SMILES string of the molecule is CCc1cnc(Cc2cccc(OC)c2)s1. The Bertz CT molecular complexity index is 464. The Balaban J connectivity index is 2.13. The summed E-state index contributed by atoms with van der Waals surface area (Å²) in [6, 6.07) is 8.15. The van der Waals surface area contributed by atoms with Crippen molar-refractivity contribution in [3.63, 3.8) is 0 Å². The van der Waals surface area contributed by atoms with Gasteiger partial charge in [-0.1, -0.05) is 19.1 Å². The van der Waals surface area contributed by atoms with Gasteiger partial charge in [-0.05, 0) is 24.1 Å². The number of ether oxygens (including phenoxy) is 1. The normalized spacial score (nSPS) is 10.4. The van der Waals surface area contributed by atoms with Crippen LogP contribution in [0.15, 0.2) is 30.5 Å². The van der Waals surface area contributed by atoms with Crippen molar-refractivity contribution in [2.24, 2.45) is 0 Å². The van der Waals surface area contributed by atoms with Gasteiger partial charge in [0.25, 0.3) is 0 Å². The summed E-state index contributed by atoms with van der Waals surface area (Å²) in [4.78, 5) is 5.76. The van der Waals surface area contributed by atoms with E-state index >= 15 is 0 Å². The number of nitrogens with zero attached hydrogens (tertiary/aromatic N) is 1. The van der Waals surface area contributed by atoms with Crippen LogP contribution in [0, 0.1) is 0 Å². The maximum atomic E-state index is 5.20. The summed E-state index contributed by atoms with van der Waals surface area (Å²) >= 11 is 1.79. The lowest BCUT2D eigenvalue weighted by atomic mass is 10.1. The van der Waals surface area contributed by atoms with E-state index in [9.17, 15) is 0 Å². The molecule has 0 saturated heterocycles. The van der Waals surface area contributed by atoms with Crippen molar-refractivity contribution in [3.05, 3.63) is 45.9 Å². The number of aryl methyl sites for hydroxylation is 1. The minimum atomic E-state index is 0.891. The van der Waals surface area contributed by atoms with E-state index in [1.54, 1.807) is 18.4 Å². The third-order valence-corrected chi connectivity index (χ3v) is 3.58. The number of benzene rings is 1. The Labute approximate surface area is 99.9 Å². The summed E-state index contributed by atoms with van der Waals surface area (Å²) in [6.07, 6.45) is 3.93. The van der Waals surface area contributed by atoms with Crippen LogP contribution in [-0.4, -0.2) is 12.1 Å². The van der Waals surface area contributed by atoms with E-state index in [1.807, 2.05) is 18.3 Å². The van der Waals surface area contributed by atoms with Gasteiger partial charge in [0.15, 0.2) is 0 Å². The van der Waals surface area contributed by atoms with Gasteiger partial charge in [-0.2, -0.15) is 0 Å². The molecule has 0 bridgehead atoms. The van der Waals surface area contributed by atoms with Crippen LogP contribution in [-0.2, 0) is 12.8 Å². The molecule has 1 aromatic carbocycles. The molecule has 0 radical (unpaired) electrons. The maximum absolute atomic E-state index is 5.20. The molecule has 0 fully saturated rings. The minimum Gasteiger partial charge on any atom is -0.497 e. The summed E-state index contributed by atoms with van der Waals surface area (Å²) in [6.45, 7) is 2.16. The van der Waals surface area contributed by atoms with Crippen molar-refractivity contribution in [3.8, 4) is 5.75 Å². The molecule has 2 nitrogen and oxygen atoms in total. The Morgan fingerprint density at radius 2 is 2.25 bits per heavy atom. The predicted molar refractivity (Wildman–Crippen MR) is 67.3 cm³/mol. The summed E-state index contributed by atoms with van der Waals surface area (Å²) < 4.78 is 5.20. The van der Waals surface area contributed by atoms with E-state index in [1.165, 1.54) is 15.4 Å². The molecule has 16 heavy (non-hydrogen) atoms. The standard InChI is InChI=1S/C13H15NOS/c1-3-12-9-14-13(16-12)8-10-5-4-6-11(7-10)15-2/h4-7,9H,3,8H2,1-2H3. The zero-order chi connectivity index (χ0) is 11.4. The Kier molecular flexibility index (Phi) is 3.57. The van der Waals surface area contributed by atoms with E-state index in [0.717, 1.165) is 18.6 Å². The number of thiazole rings is 1.